The molecular formula is C21H25NO7. The number of methoxy groups -OCH3 is 1. The van der Waals surface area contributed by atoms with Gasteiger partial charge in [-0.25, -0.2) is 4.79 Å². The third kappa shape index (κ3) is 2.93. The Kier molecular flexibility index (Phi) is 4.86. The highest BCUT2D eigenvalue weighted by atomic mass is 16.6. The number of benzene rings is 1. The maximum atomic E-state index is 13.0. The maximum Gasteiger partial charge on any atom is 0.423 e. The van der Waals surface area contributed by atoms with Crippen molar-refractivity contribution in [3.05, 3.63) is 29.8 Å². The molecule has 1 aromatic carbocycles. The number of ether oxygens (including phenoxy) is 2. The van der Waals surface area contributed by atoms with Crippen LogP contribution in [0.5, 0.6) is 5.75 Å². The normalized spacial score (nSPS) is 36.1. The van der Waals surface area contributed by atoms with E-state index in [4.69, 9.17) is 4.74 Å². The topological polar surface area (TPSA) is 113 Å². The van der Waals surface area contributed by atoms with Gasteiger partial charge in [0.2, 0.25) is 11.8 Å². The molecule has 2 N–H and O–H groups in total. The third-order valence-corrected chi connectivity index (χ3v) is 6.62. The van der Waals surface area contributed by atoms with E-state index in [2.05, 4.69) is 4.74 Å². The highest BCUT2D eigenvalue weighted by molar-refractivity contribution is 6.15. The molecule has 4 rings (SSSR count). The quantitative estimate of drug-likeness (QED) is 0.745. The van der Waals surface area contributed by atoms with Crippen LogP contribution in [0.25, 0.3) is 0 Å². The van der Waals surface area contributed by atoms with Gasteiger partial charge in [0.15, 0.2) is 5.79 Å². The van der Waals surface area contributed by atoms with Gasteiger partial charge < -0.3 is 19.7 Å². The zero-order valence-electron chi connectivity index (χ0n) is 16.4. The first-order chi connectivity index (χ1) is 13.8. The number of likely N-dealkylation sites (tertiary alicyclic amines) is 1. The summed E-state index contributed by atoms with van der Waals surface area (Å²) in [4.78, 5) is 38.4. The van der Waals surface area contributed by atoms with E-state index < -0.39 is 47.6 Å². The average Bonchev–Trinajstić information content (AvgIpc) is 3.17. The average molecular weight is 403 g/mol. The minimum atomic E-state index is -1.55. The molecule has 8 heteroatoms. The first-order valence-electron chi connectivity index (χ1n) is 9.96. The van der Waals surface area contributed by atoms with Crippen LogP contribution >= 0.6 is 0 Å². The molecule has 1 aromatic rings. The summed E-state index contributed by atoms with van der Waals surface area (Å²) in [7, 11) is 1.13. The van der Waals surface area contributed by atoms with Crippen LogP contribution in [-0.2, 0) is 19.1 Å². The minimum Gasteiger partial charge on any atom is -0.508 e. The van der Waals surface area contributed by atoms with Crippen molar-refractivity contribution in [1.29, 1.82) is 0 Å². The fourth-order valence-corrected chi connectivity index (χ4v) is 5.33. The SMILES string of the molecule is CCC[C@H]1C[C@@H]2C(=O)N(C(=O)OC)C(=O)[C@@H]2[C@@H]2C[C@@H](c3ccc(O)cc3)O[C@]12O. The molecule has 3 fully saturated rings. The van der Waals surface area contributed by atoms with Crippen LogP contribution in [0.4, 0.5) is 4.79 Å². The Balaban J connectivity index is 1.71. The molecule has 3 amide bonds. The number of phenolic OH excluding ortho intramolecular Hbond substituents is 1. The van der Waals surface area contributed by atoms with Gasteiger partial charge in [0.25, 0.3) is 0 Å². The van der Waals surface area contributed by atoms with Gasteiger partial charge in [-0.15, -0.1) is 0 Å². The van der Waals surface area contributed by atoms with Gasteiger partial charge in [0.05, 0.1) is 25.0 Å². The van der Waals surface area contributed by atoms with E-state index in [0.29, 0.717) is 17.7 Å². The minimum absolute atomic E-state index is 0.122. The van der Waals surface area contributed by atoms with E-state index in [1.165, 1.54) is 0 Å². The Hall–Kier alpha value is -2.45. The van der Waals surface area contributed by atoms with E-state index in [9.17, 15) is 24.6 Å². The first kappa shape index (κ1) is 19.8. The van der Waals surface area contributed by atoms with E-state index >= 15 is 0 Å². The molecule has 0 unspecified atom stereocenters. The number of carbonyl (C=O) groups excluding carboxylic acids is 3. The summed E-state index contributed by atoms with van der Waals surface area (Å²) in [5.41, 5.74) is 0.777. The van der Waals surface area contributed by atoms with Crippen molar-refractivity contribution in [2.24, 2.45) is 23.7 Å². The Morgan fingerprint density at radius 1 is 1.24 bits per heavy atom. The monoisotopic (exact) mass is 403 g/mol. The second-order valence-corrected chi connectivity index (χ2v) is 8.13. The van der Waals surface area contributed by atoms with Gasteiger partial charge in [-0.1, -0.05) is 25.5 Å². The van der Waals surface area contributed by atoms with Crippen molar-refractivity contribution in [3.63, 3.8) is 0 Å². The number of aliphatic hydroxyl groups is 1. The molecule has 2 saturated heterocycles. The molecule has 2 heterocycles. The van der Waals surface area contributed by atoms with E-state index in [-0.39, 0.29) is 18.1 Å². The predicted octanol–water partition coefficient (Wildman–Crippen LogP) is 2.35. The fourth-order valence-electron chi connectivity index (χ4n) is 5.33. The zero-order chi connectivity index (χ0) is 20.9. The number of imide groups is 3. The van der Waals surface area contributed by atoms with E-state index in [0.717, 1.165) is 19.1 Å². The van der Waals surface area contributed by atoms with Crippen molar-refractivity contribution in [3.8, 4) is 5.75 Å². The number of carbonyl (C=O) groups is 3. The number of aromatic hydroxyl groups is 1. The fraction of sp³-hybridized carbons (Fsp3) is 0.571. The van der Waals surface area contributed by atoms with Gasteiger partial charge >= 0.3 is 6.09 Å². The molecule has 8 nitrogen and oxygen atoms in total. The molecule has 0 radical (unpaired) electrons. The lowest BCUT2D eigenvalue weighted by Gasteiger charge is -2.44. The number of phenols is 1. The lowest BCUT2D eigenvalue weighted by molar-refractivity contribution is -0.270. The lowest BCUT2D eigenvalue weighted by Crippen LogP contribution is -2.53. The number of hydrogen-bond donors (Lipinski definition) is 2. The lowest BCUT2D eigenvalue weighted by atomic mass is 9.63. The molecule has 2 aliphatic heterocycles. The van der Waals surface area contributed by atoms with Crippen LogP contribution in [-0.4, -0.2) is 45.9 Å². The summed E-state index contributed by atoms with van der Waals surface area (Å²) in [6.45, 7) is 1.99. The van der Waals surface area contributed by atoms with E-state index in [1.807, 2.05) is 6.92 Å². The molecule has 156 valence electrons. The van der Waals surface area contributed by atoms with E-state index in [1.54, 1.807) is 24.3 Å². The van der Waals surface area contributed by atoms with Crippen molar-refractivity contribution >= 4 is 17.9 Å². The Bertz CT molecular complexity index is 838. The second-order valence-electron chi connectivity index (χ2n) is 8.13. The Labute approximate surface area is 168 Å². The summed E-state index contributed by atoms with van der Waals surface area (Å²) >= 11 is 0. The predicted molar refractivity (Wildman–Crippen MR) is 99.2 cm³/mol. The Morgan fingerprint density at radius 2 is 1.93 bits per heavy atom. The van der Waals surface area contributed by atoms with Crippen LogP contribution in [0.3, 0.4) is 0 Å². The van der Waals surface area contributed by atoms with Crippen LogP contribution in [0.1, 0.15) is 44.3 Å². The van der Waals surface area contributed by atoms with Crippen molar-refractivity contribution in [2.45, 2.75) is 44.5 Å². The maximum absolute atomic E-state index is 13.0. The smallest absolute Gasteiger partial charge is 0.423 e. The molecule has 6 atom stereocenters. The summed E-state index contributed by atoms with van der Waals surface area (Å²) < 4.78 is 10.8. The molecule has 29 heavy (non-hydrogen) atoms. The molecule has 0 aromatic heterocycles. The largest absolute Gasteiger partial charge is 0.508 e. The van der Waals surface area contributed by atoms with Crippen LogP contribution < -0.4 is 0 Å². The molecule has 3 aliphatic rings. The summed E-state index contributed by atoms with van der Waals surface area (Å²) in [6.07, 6.45) is 0.589. The van der Waals surface area contributed by atoms with Crippen LogP contribution in [0, 0.1) is 23.7 Å². The number of fused-ring (bicyclic) bond motifs is 3. The van der Waals surface area contributed by atoms with Gasteiger partial charge in [-0.05, 0) is 37.0 Å². The summed E-state index contributed by atoms with van der Waals surface area (Å²) in [5, 5.41) is 21.1. The molecule has 1 aliphatic carbocycles. The summed E-state index contributed by atoms with van der Waals surface area (Å²) in [5.74, 6) is -5.02. The van der Waals surface area contributed by atoms with Gasteiger partial charge in [-0.3, -0.25) is 9.59 Å². The number of nitrogens with zero attached hydrogens (tertiary/aromatic N) is 1. The molecular weight excluding hydrogens is 378 g/mol. The highest BCUT2D eigenvalue weighted by Gasteiger charge is 2.67. The number of hydrogen-bond acceptors (Lipinski definition) is 7. The van der Waals surface area contributed by atoms with Crippen molar-refractivity contribution in [2.75, 3.05) is 7.11 Å². The second kappa shape index (κ2) is 7.11. The van der Waals surface area contributed by atoms with Gasteiger partial charge in [-0.2, -0.15) is 4.90 Å². The highest BCUT2D eigenvalue weighted by Crippen LogP contribution is 2.59. The molecule has 1 saturated carbocycles. The van der Waals surface area contributed by atoms with Crippen molar-refractivity contribution < 1.29 is 34.1 Å². The Morgan fingerprint density at radius 3 is 2.55 bits per heavy atom. The van der Waals surface area contributed by atoms with Gasteiger partial charge in [0.1, 0.15) is 5.75 Å². The van der Waals surface area contributed by atoms with Crippen molar-refractivity contribution in [1.82, 2.24) is 4.90 Å². The van der Waals surface area contributed by atoms with Crippen LogP contribution in [0.2, 0.25) is 0 Å². The third-order valence-electron chi connectivity index (χ3n) is 6.62. The van der Waals surface area contributed by atoms with Crippen LogP contribution in [0.15, 0.2) is 24.3 Å². The first-order valence-corrected chi connectivity index (χ1v) is 9.96. The standard InChI is InChI=1S/C21H25NO7/c1-3-4-12-9-14-17(19(25)22(18(14)24)20(26)28-2)15-10-16(29-21(12,15)27)11-5-7-13(23)8-6-11/h5-8,12,14-17,23,27H,3-4,9-10H2,1-2H3/t12-,14-,15-,16-,17-,21+/m0/s1. The molecule has 0 bridgehead atoms. The zero-order valence-corrected chi connectivity index (χ0v) is 16.4. The number of rotatable bonds is 3. The molecule has 0 spiro atoms. The number of amides is 3. The summed E-state index contributed by atoms with van der Waals surface area (Å²) in [6, 6.07) is 6.52. The van der Waals surface area contributed by atoms with Gasteiger partial charge in [0, 0.05) is 11.8 Å².